The van der Waals surface area contributed by atoms with Crippen molar-refractivity contribution in [3.8, 4) is 0 Å². The lowest BCUT2D eigenvalue weighted by atomic mass is 9.72. The van der Waals surface area contributed by atoms with E-state index >= 15 is 0 Å². The van der Waals surface area contributed by atoms with E-state index in [1.807, 2.05) is 4.90 Å². The number of hydrogen-bond donors (Lipinski definition) is 2. The van der Waals surface area contributed by atoms with Gasteiger partial charge in [-0.1, -0.05) is 6.92 Å². The Bertz CT molecular complexity index is 721. The number of piperidine rings is 2. The highest BCUT2D eigenvalue weighted by atomic mass is 16.3. The summed E-state index contributed by atoms with van der Waals surface area (Å²) < 4.78 is 0. The predicted molar refractivity (Wildman–Crippen MR) is 100 cm³/mol. The van der Waals surface area contributed by atoms with Crippen LogP contribution in [0, 0.1) is 11.3 Å². The number of amides is 2. The Balaban J connectivity index is 1.42. The molecule has 4 rings (SSSR count). The topological polar surface area (TPSA) is 89.5 Å². The smallest absolute Gasteiger partial charge is 0.274 e. The van der Waals surface area contributed by atoms with Gasteiger partial charge in [0, 0.05) is 43.9 Å². The van der Waals surface area contributed by atoms with Gasteiger partial charge in [0.25, 0.3) is 5.91 Å². The minimum Gasteiger partial charge on any atom is -0.395 e. The minimum atomic E-state index is 0.00905. The molecule has 2 N–H and O–H groups in total. The van der Waals surface area contributed by atoms with Crippen LogP contribution in [0.5, 0.6) is 0 Å². The molecule has 2 amide bonds. The van der Waals surface area contributed by atoms with E-state index < -0.39 is 0 Å². The fraction of sp³-hybridized carbons (Fsp3) is 0.750. The van der Waals surface area contributed by atoms with E-state index in [-0.39, 0.29) is 23.8 Å². The highest BCUT2D eigenvalue weighted by Crippen LogP contribution is 2.40. The Kier molecular flexibility index (Phi) is 4.97. The van der Waals surface area contributed by atoms with E-state index in [2.05, 4.69) is 17.1 Å². The molecule has 0 saturated carbocycles. The molecule has 0 aromatic carbocycles. The zero-order valence-corrected chi connectivity index (χ0v) is 16.2. The number of rotatable bonds is 3. The molecule has 0 radical (unpaired) electrons. The number of aryl methyl sites for hydroxylation is 1. The summed E-state index contributed by atoms with van der Waals surface area (Å²) in [5.41, 5.74) is 2.97. The number of aromatic amines is 1. The number of fused-ring (bicyclic) bond motifs is 1. The number of nitrogens with one attached hydrogen (secondary N) is 1. The zero-order valence-electron chi connectivity index (χ0n) is 16.2. The second-order valence-corrected chi connectivity index (χ2v) is 8.71. The largest absolute Gasteiger partial charge is 0.395 e. The van der Waals surface area contributed by atoms with Gasteiger partial charge in [0.05, 0.1) is 6.61 Å². The molecule has 2 fully saturated rings. The summed E-state index contributed by atoms with van der Waals surface area (Å²) in [5, 5.41) is 16.6. The molecule has 1 aromatic rings. The quantitative estimate of drug-likeness (QED) is 0.836. The number of nitrogens with zero attached hydrogens (tertiary/aromatic N) is 3. The van der Waals surface area contributed by atoms with E-state index in [4.69, 9.17) is 0 Å². The second kappa shape index (κ2) is 7.26. The number of aliphatic hydroxyl groups excluding tert-OH is 1. The molecule has 2 saturated heterocycles. The summed E-state index contributed by atoms with van der Waals surface area (Å²) in [4.78, 5) is 28.9. The molecule has 7 nitrogen and oxygen atoms in total. The van der Waals surface area contributed by atoms with Gasteiger partial charge in [-0.25, -0.2) is 0 Å². The lowest BCUT2D eigenvalue weighted by molar-refractivity contribution is -0.139. The molecule has 3 aliphatic rings. The van der Waals surface area contributed by atoms with Crippen LogP contribution in [-0.2, 0) is 17.6 Å². The Morgan fingerprint density at radius 3 is 2.81 bits per heavy atom. The van der Waals surface area contributed by atoms with Gasteiger partial charge in [-0.3, -0.25) is 14.7 Å². The maximum absolute atomic E-state index is 13.1. The van der Waals surface area contributed by atoms with Crippen LogP contribution in [0.3, 0.4) is 0 Å². The summed E-state index contributed by atoms with van der Waals surface area (Å²) in [5.74, 6) is 0.796. The Morgan fingerprint density at radius 1 is 1.30 bits per heavy atom. The SMILES string of the molecule is C[C@@H]1CCc2[nH]nc(C(=O)N3CCC4(CCC(=O)N(CCO)C4)CC3)c2C1. The van der Waals surface area contributed by atoms with Crippen LogP contribution in [0.25, 0.3) is 0 Å². The van der Waals surface area contributed by atoms with Crippen molar-refractivity contribution in [1.82, 2.24) is 20.0 Å². The van der Waals surface area contributed by atoms with Crippen LogP contribution >= 0.6 is 0 Å². The van der Waals surface area contributed by atoms with Crippen LogP contribution in [0.1, 0.15) is 60.8 Å². The van der Waals surface area contributed by atoms with E-state index in [1.165, 1.54) is 0 Å². The first-order chi connectivity index (χ1) is 13.0. The molecule has 2 aliphatic heterocycles. The molecule has 0 bridgehead atoms. The van der Waals surface area contributed by atoms with E-state index in [0.717, 1.165) is 62.9 Å². The van der Waals surface area contributed by atoms with E-state index in [1.54, 1.807) is 4.90 Å². The van der Waals surface area contributed by atoms with Crippen molar-refractivity contribution in [3.63, 3.8) is 0 Å². The summed E-state index contributed by atoms with van der Waals surface area (Å²) in [6.07, 6.45) is 6.34. The third kappa shape index (κ3) is 3.49. The average molecular weight is 374 g/mol. The first-order valence-electron chi connectivity index (χ1n) is 10.3. The van der Waals surface area contributed by atoms with Crippen molar-refractivity contribution < 1.29 is 14.7 Å². The highest BCUT2D eigenvalue weighted by molar-refractivity contribution is 5.94. The Labute approximate surface area is 160 Å². The fourth-order valence-electron chi connectivity index (χ4n) is 5.01. The van der Waals surface area contributed by atoms with Gasteiger partial charge in [0.1, 0.15) is 0 Å². The molecule has 1 atom stereocenters. The fourth-order valence-corrected chi connectivity index (χ4v) is 5.01. The van der Waals surface area contributed by atoms with Gasteiger partial charge in [-0.15, -0.1) is 0 Å². The van der Waals surface area contributed by atoms with Gasteiger partial charge in [-0.05, 0) is 49.9 Å². The van der Waals surface area contributed by atoms with E-state index in [0.29, 0.717) is 31.1 Å². The number of H-pyrrole nitrogens is 1. The Hall–Kier alpha value is -1.89. The molecule has 1 aliphatic carbocycles. The van der Waals surface area contributed by atoms with Crippen molar-refractivity contribution in [3.05, 3.63) is 17.0 Å². The third-order valence-corrected chi connectivity index (χ3v) is 6.82. The minimum absolute atomic E-state index is 0.00905. The predicted octanol–water partition coefficient (Wildman–Crippen LogP) is 1.37. The number of hydrogen-bond acceptors (Lipinski definition) is 4. The molecule has 3 heterocycles. The molecule has 148 valence electrons. The van der Waals surface area contributed by atoms with Crippen molar-refractivity contribution in [2.24, 2.45) is 11.3 Å². The van der Waals surface area contributed by atoms with Gasteiger partial charge >= 0.3 is 0 Å². The van der Waals surface area contributed by atoms with Crippen molar-refractivity contribution in [1.29, 1.82) is 0 Å². The van der Waals surface area contributed by atoms with Crippen molar-refractivity contribution in [2.45, 2.75) is 51.9 Å². The molecule has 27 heavy (non-hydrogen) atoms. The van der Waals surface area contributed by atoms with Crippen LogP contribution in [0.15, 0.2) is 0 Å². The number of aromatic nitrogens is 2. The Morgan fingerprint density at radius 2 is 2.07 bits per heavy atom. The zero-order chi connectivity index (χ0) is 19.0. The van der Waals surface area contributed by atoms with Gasteiger partial charge < -0.3 is 14.9 Å². The molecule has 0 unspecified atom stereocenters. The monoisotopic (exact) mass is 374 g/mol. The van der Waals surface area contributed by atoms with Crippen LogP contribution in [0.2, 0.25) is 0 Å². The molecular formula is C20H30N4O3. The molecule has 7 heteroatoms. The van der Waals surface area contributed by atoms with Crippen LogP contribution in [0.4, 0.5) is 0 Å². The number of carbonyl (C=O) groups is 2. The number of likely N-dealkylation sites (tertiary alicyclic amines) is 2. The van der Waals surface area contributed by atoms with Gasteiger partial charge in [0.15, 0.2) is 5.69 Å². The van der Waals surface area contributed by atoms with Crippen molar-refractivity contribution >= 4 is 11.8 Å². The lowest BCUT2D eigenvalue weighted by Gasteiger charge is -2.47. The molecule has 1 spiro atoms. The first kappa shape index (κ1) is 18.5. The standard InChI is InChI=1S/C20H30N4O3/c1-14-2-3-16-15(12-14)18(22-21-16)19(27)23-8-6-20(7-9-23)5-4-17(26)24(13-20)10-11-25/h14,25H,2-13H2,1H3,(H,21,22)/t14-/m1/s1. The van der Waals surface area contributed by atoms with Gasteiger partial charge in [-0.2, -0.15) is 5.10 Å². The summed E-state index contributed by atoms with van der Waals surface area (Å²) in [6.45, 7) is 4.81. The molecular weight excluding hydrogens is 344 g/mol. The second-order valence-electron chi connectivity index (χ2n) is 8.71. The summed E-state index contributed by atoms with van der Waals surface area (Å²) >= 11 is 0. The van der Waals surface area contributed by atoms with Crippen molar-refractivity contribution in [2.75, 3.05) is 32.8 Å². The van der Waals surface area contributed by atoms with Gasteiger partial charge in [0.2, 0.25) is 5.91 Å². The maximum Gasteiger partial charge on any atom is 0.274 e. The highest BCUT2D eigenvalue weighted by Gasteiger charge is 2.42. The normalized spacial score (nSPS) is 25.0. The number of carbonyl (C=O) groups excluding carboxylic acids is 2. The molecule has 1 aromatic heterocycles. The summed E-state index contributed by atoms with van der Waals surface area (Å²) in [6, 6.07) is 0. The maximum atomic E-state index is 13.1. The average Bonchev–Trinajstić information content (AvgIpc) is 3.08. The third-order valence-electron chi connectivity index (χ3n) is 6.82. The van der Waals surface area contributed by atoms with Crippen LogP contribution < -0.4 is 0 Å². The lowest BCUT2D eigenvalue weighted by Crippen LogP contribution is -2.53. The number of β-amino-alcohol motifs (C(OH)–C–C–N with tert-alkyl or cyclic N) is 1. The number of aliphatic hydroxyl groups is 1. The van der Waals surface area contributed by atoms with E-state index in [9.17, 15) is 14.7 Å². The first-order valence-corrected chi connectivity index (χ1v) is 10.3. The summed E-state index contributed by atoms with van der Waals surface area (Å²) in [7, 11) is 0. The van der Waals surface area contributed by atoms with Crippen LogP contribution in [-0.4, -0.2) is 69.7 Å².